The molecule has 1 amide bonds. The highest BCUT2D eigenvalue weighted by molar-refractivity contribution is 6.33. The molecular formula is C20H20ClN5O. The summed E-state index contributed by atoms with van der Waals surface area (Å²) in [5, 5.41) is 8.23. The van der Waals surface area contributed by atoms with Crippen LogP contribution < -0.4 is 4.90 Å². The summed E-state index contributed by atoms with van der Waals surface area (Å²) in [6.45, 7) is 1.51. The maximum Gasteiger partial charge on any atom is 0.242 e. The molecule has 0 fully saturated rings. The molecule has 1 N–H and O–H groups in total. The number of amides is 1. The van der Waals surface area contributed by atoms with Crippen LogP contribution in [0.3, 0.4) is 0 Å². The van der Waals surface area contributed by atoms with Crippen molar-refractivity contribution in [2.75, 3.05) is 25.0 Å². The third-order valence-electron chi connectivity index (χ3n) is 4.88. The van der Waals surface area contributed by atoms with E-state index in [0.717, 1.165) is 34.6 Å². The van der Waals surface area contributed by atoms with Crippen molar-refractivity contribution in [1.82, 2.24) is 20.1 Å². The number of aromatic nitrogens is 3. The van der Waals surface area contributed by atoms with Crippen LogP contribution in [0.15, 0.2) is 48.8 Å². The number of carbonyl (C=O) groups excluding carboxylic acids is 1. The van der Waals surface area contributed by atoms with Crippen LogP contribution in [0.5, 0.6) is 0 Å². The molecule has 3 heterocycles. The van der Waals surface area contributed by atoms with E-state index >= 15 is 0 Å². The molecule has 1 aromatic carbocycles. The summed E-state index contributed by atoms with van der Waals surface area (Å²) in [7, 11) is 1.88. The van der Waals surface area contributed by atoms with E-state index in [2.05, 4.69) is 15.2 Å². The number of likely N-dealkylation sites (N-methyl/N-ethyl adjacent to an activating group) is 1. The van der Waals surface area contributed by atoms with E-state index in [1.54, 1.807) is 12.4 Å². The Morgan fingerprint density at radius 3 is 2.81 bits per heavy atom. The predicted molar refractivity (Wildman–Crippen MR) is 106 cm³/mol. The second kappa shape index (κ2) is 7.40. The average molecular weight is 382 g/mol. The SMILES string of the molecule is CN(CC(=O)N1CCc2[nH]nc(-c3ccncc3)c2C1)c1ccccc1Cl. The van der Waals surface area contributed by atoms with Crippen molar-refractivity contribution in [3.63, 3.8) is 0 Å². The van der Waals surface area contributed by atoms with E-state index < -0.39 is 0 Å². The van der Waals surface area contributed by atoms with Crippen LogP contribution in [0, 0.1) is 0 Å². The molecule has 0 saturated heterocycles. The zero-order valence-electron chi connectivity index (χ0n) is 15.0. The minimum atomic E-state index is 0.0740. The Balaban J connectivity index is 1.50. The molecule has 27 heavy (non-hydrogen) atoms. The van der Waals surface area contributed by atoms with Crippen molar-refractivity contribution < 1.29 is 4.79 Å². The Labute approximate surface area is 162 Å². The summed E-state index contributed by atoms with van der Waals surface area (Å²) in [6.07, 6.45) is 4.27. The van der Waals surface area contributed by atoms with E-state index in [0.29, 0.717) is 18.1 Å². The molecule has 0 bridgehead atoms. The van der Waals surface area contributed by atoms with Crippen molar-refractivity contribution in [3.05, 3.63) is 65.1 Å². The van der Waals surface area contributed by atoms with Gasteiger partial charge < -0.3 is 9.80 Å². The predicted octanol–water partition coefficient (Wildman–Crippen LogP) is 3.15. The van der Waals surface area contributed by atoms with Gasteiger partial charge in [0.25, 0.3) is 0 Å². The van der Waals surface area contributed by atoms with E-state index in [1.807, 2.05) is 53.2 Å². The van der Waals surface area contributed by atoms with E-state index in [4.69, 9.17) is 11.6 Å². The van der Waals surface area contributed by atoms with Crippen LogP contribution in [-0.4, -0.2) is 46.1 Å². The van der Waals surface area contributed by atoms with Gasteiger partial charge in [0.05, 0.1) is 22.9 Å². The molecule has 3 aromatic rings. The molecule has 1 aliphatic rings. The Hall–Kier alpha value is -2.86. The third kappa shape index (κ3) is 3.53. The maximum atomic E-state index is 12.9. The first-order valence-corrected chi connectivity index (χ1v) is 9.21. The quantitative estimate of drug-likeness (QED) is 0.754. The minimum Gasteiger partial charge on any atom is -0.364 e. The summed E-state index contributed by atoms with van der Waals surface area (Å²) < 4.78 is 0. The highest BCUT2D eigenvalue weighted by Gasteiger charge is 2.26. The number of anilines is 1. The van der Waals surface area contributed by atoms with Crippen molar-refractivity contribution in [3.8, 4) is 11.3 Å². The van der Waals surface area contributed by atoms with E-state index in [1.165, 1.54) is 0 Å². The fraction of sp³-hybridized carbons (Fsp3) is 0.250. The van der Waals surface area contributed by atoms with Crippen molar-refractivity contribution in [1.29, 1.82) is 0 Å². The highest BCUT2D eigenvalue weighted by Crippen LogP contribution is 2.28. The van der Waals surface area contributed by atoms with Gasteiger partial charge in [-0.25, -0.2) is 0 Å². The Bertz CT molecular complexity index is 956. The van der Waals surface area contributed by atoms with Gasteiger partial charge >= 0.3 is 0 Å². The van der Waals surface area contributed by atoms with Gasteiger partial charge in [0.2, 0.25) is 5.91 Å². The zero-order valence-corrected chi connectivity index (χ0v) is 15.8. The van der Waals surface area contributed by atoms with Crippen molar-refractivity contribution in [2.45, 2.75) is 13.0 Å². The van der Waals surface area contributed by atoms with Gasteiger partial charge in [0.1, 0.15) is 0 Å². The number of fused-ring (bicyclic) bond motifs is 1. The molecule has 7 heteroatoms. The monoisotopic (exact) mass is 381 g/mol. The van der Waals surface area contributed by atoms with Crippen molar-refractivity contribution in [2.24, 2.45) is 0 Å². The number of aromatic amines is 1. The lowest BCUT2D eigenvalue weighted by Crippen LogP contribution is -2.41. The topological polar surface area (TPSA) is 65.1 Å². The summed E-state index contributed by atoms with van der Waals surface area (Å²) in [5.41, 5.74) is 4.94. The first kappa shape index (κ1) is 17.5. The van der Waals surface area contributed by atoms with Gasteiger partial charge in [-0.3, -0.25) is 14.9 Å². The molecule has 0 unspecified atom stereocenters. The lowest BCUT2D eigenvalue weighted by atomic mass is 10.0. The first-order valence-electron chi connectivity index (χ1n) is 8.83. The van der Waals surface area contributed by atoms with Gasteiger partial charge in [-0.2, -0.15) is 5.10 Å². The number of H-pyrrole nitrogens is 1. The highest BCUT2D eigenvalue weighted by atomic mass is 35.5. The zero-order chi connectivity index (χ0) is 18.8. The number of nitrogens with one attached hydrogen (secondary N) is 1. The second-order valence-corrected chi connectivity index (χ2v) is 7.05. The van der Waals surface area contributed by atoms with Crippen molar-refractivity contribution >= 4 is 23.2 Å². The molecule has 1 aliphatic heterocycles. The van der Waals surface area contributed by atoms with Gasteiger partial charge in [0.15, 0.2) is 0 Å². The lowest BCUT2D eigenvalue weighted by molar-refractivity contribution is -0.130. The molecule has 0 spiro atoms. The number of carbonyl (C=O) groups is 1. The number of benzene rings is 1. The number of rotatable bonds is 4. The van der Waals surface area contributed by atoms with Gasteiger partial charge in [0, 0.05) is 55.8 Å². The van der Waals surface area contributed by atoms with Crippen LogP contribution in [-0.2, 0) is 17.8 Å². The number of hydrogen-bond acceptors (Lipinski definition) is 4. The van der Waals surface area contributed by atoms with Gasteiger partial charge in [-0.05, 0) is 24.3 Å². The summed E-state index contributed by atoms with van der Waals surface area (Å²) in [5.74, 6) is 0.0740. The minimum absolute atomic E-state index is 0.0740. The van der Waals surface area contributed by atoms with Crippen LogP contribution in [0.2, 0.25) is 5.02 Å². The molecule has 4 rings (SSSR count). The largest absolute Gasteiger partial charge is 0.364 e. The Morgan fingerprint density at radius 2 is 2.04 bits per heavy atom. The number of hydrogen-bond donors (Lipinski definition) is 1. The second-order valence-electron chi connectivity index (χ2n) is 6.64. The average Bonchev–Trinajstić information content (AvgIpc) is 3.12. The lowest BCUT2D eigenvalue weighted by Gasteiger charge is -2.30. The summed E-state index contributed by atoms with van der Waals surface area (Å²) in [4.78, 5) is 20.7. The Morgan fingerprint density at radius 1 is 1.26 bits per heavy atom. The molecule has 0 saturated carbocycles. The van der Waals surface area contributed by atoms with Crippen LogP contribution >= 0.6 is 11.6 Å². The molecule has 0 atom stereocenters. The molecule has 2 aromatic heterocycles. The molecular weight excluding hydrogens is 362 g/mol. The molecule has 0 aliphatic carbocycles. The summed E-state index contributed by atoms with van der Waals surface area (Å²) >= 11 is 6.25. The summed E-state index contributed by atoms with van der Waals surface area (Å²) in [6, 6.07) is 11.4. The van der Waals surface area contributed by atoms with Gasteiger partial charge in [-0.15, -0.1) is 0 Å². The number of pyridine rings is 1. The van der Waals surface area contributed by atoms with Gasteiger partial charge in [-0.1, -0.05) is 23.7 Å². The molecule has 138 valence electrons. The third-order valence-corrected chi connectivity index (χ3v) is 5.20. The standard InChI is InChI=1S/C20H20ClN5O/c1-25(18-5-3-2-4-16(18)21)13-19(27)26-11-8-17-15(12-26)20(24-23-17)14-6-9-22-10-7-14/h2-7,9-10H,8,11-13H2,1H3,(H,23,24). The normalized spacial score (nSPS) is 13.3. The molecule has 0 radical (unpaired) electrons. The van der Waals surface area contributed by atoms with E-state index in [-0.39, 0.29) is 12.5 Å². The van der Waals surface area contributed by atoms with Crippen LogP contribution in [0.4, 0.5) is 5.69 Å². The number of para-hydroxylation sites is 1. The fourth-order valence-electron chi connectivity index (χ4n) is 3.41. The fourth-order valence-corrected chi connectivity index (χ4v) is 3.69. The molecule has 6 nitrogen and oxygen atoms in total. The van der Waals surface area contributed by atoms with E-state index in [9.17, 15) is 4.79 Å². The number of nitrogens with zero attached hydrogens (tertiary/aromatic N) is 4. The Kier molecular flexibility index (Phi) is 4.81. The maximum absolute atomic E-state index is 12.9. The first-order chi connectivity index (χ1) is 13.1. The number of halogens is 1. The smallest absolute Gasteiger partial charge is 0.242 e. The van der Waals surface area contributed by atoms with Crippen LogP contribution in [0.25, 0.3) is 11.3 Å². The van der Waals surface area contributed by atoms with Crippen LogP contribution in [0.1, 0.15) is 11.3 Å².